The van der Waals surface area contributed by atoms with Crippen molar-refractivity contribution in [1.29, 1.82) is 0 Å². The Morgan fingerprint density at radius 3 is 1.00 bits per heavy atom. The van der Waals surface area contributed by atoms with Gasteiger partial charge >= 0.3 is 0 Å². The van der Waals surface area contributed by atoms with Gasteiger partial charge in [-0.25, -0.2) is 0 Å². The number of rotatable bonds is 1. The van der Waals surface area contributed by atoms with E-state index in [1.54, 1.807) is 0 Å². The van der Waals surface area contributed by atoms with Crippen molar-refractivity contribution in [3.8, 4) is 0 Å². The minimum Gasteiger partial charge on any atom is -0.412 e. The van der Waals surface area contributed by atoms with Crippen LogP contribution in [0.5, 0.6) is 0 Å². The maximum Gasteiger partial charge on any atom is 0.0587 e. The average molecular weight is 490 g/mol. The molecule has 0 aliphatic rings. The van der Waals surface area contributed by atoms with Crippen LogP contribution in [0.15, 0.2) is 0 Å². The van der Waals surface area contributed by atoms with Gasteiger partial charge in [0.1, 0.15) is 0 Å². The first kappa shape index (κ1) is 36.4. The summed E-state index contributed by atoms with van der Waals surface area (Å²) in [5, 5.41) is 0. The minimum atomic E-state index is -0.861. The van der Waals surface area contributed by atoms with Crippen molar-refractivity contribution in [2.45, 2.75) is 52.1 Å². The molecule has 0 saturated carbocycles. The van der Waals surface area contributed by atoms with Crippen LogP contribution in [0.4, 0.5) is 0 Å². The van der Waals surface area contributed by atoms with Crippen molar-refractivity contribution in [2.24, 2.45) is 0 Å². The molecule has 2 N–H and O–H groups in total. The van der Waals surface area contributed by atoms with Crippen LogP contribution in [0.1, 0.15) is 15.7 Å². The van der Waals surface area contributed by atoms with E-state index in [9.17, 15) is 0 Å². The smallest absolute Gasteiger partial charge is 0.0587 e. The zero-order chi connectivity index (χ0) is 12.4. The molecule has 0 atom stereocenters. The molecule has 0 saturated heterocycles. The van der Waals surface area contributed by atoms with Gasteiger partial charge in [-0.3, -0.25) is 0 Å². The van der Waals surface area contributed by atoms with E-state index in [4.69, 9.17) is 0 Å². The van der Waals surface area contributed by atoms with Crippen LogP contribution < -0.4 is 0 Å². The van der Waals surface area contributed by atoms with Gasteiger partial charge in [-0.05, 0) is 0 Å². The molecule has 0 rings (SSSR count). The third kappa shape index (κ3) is 549. The summed E-state index contributed by atoms with van der Waals surface area (Å²) in [5.74, 6) is 0. The average Bonchev–Trinajstić information content (AvgIpc) is 1.79. The summed E-state index contributed by atoms with van der Waals surface area (Å²) in [6, 6.07) is 0. The van der Waals surface area contributed by atoms with E-state index in [1.165, 1.54) is 0 Å². The van der Waals surface area contributed by atoms with Crippen molar-refractivity contribution in [3.05, 3.63) is 26.9 Å². The zero-order valence-corrected chi connectivity index (χ0v) is 20.5. The van der Waals surface area contributed by atoms with Crippen molar-refractivity contribution in [1.82, 2.24) is 0 Å². The molecule has 1 nitrogen and oxygen atoms in total. The summed E-state index contributed by atoms with van der Waals surface area (Å²) >= 11 is 0. The first-order valence-corrected chi connectivity index (χ1v) is 12.6. The molecule has 0 unspecified atom stereocenters. The molecule has 106 valence electrons. The fourth-order valence-corrected chi connectivity index (χ4v) is 0. The molecule has 0 heterocycles. The van der Waals surface area contributed by atoms with Crippen LogP contribution >= 0.6 is 0 Å². The molecular weight excluding hydrogens is 454 g/mol. The monoisotopic (exact) mass is 492 g/mol. The Morgan fingerprint density at radius 1 is 0.941 bits per heavy atom. The van der Waals surface area contributed by atoms with Crippen LogP contribution in [-0.2, 0) is 0 Å². The second-order valence-electron chi connectivity index (χ2n) is 5.83. The number of unbranched alkanes of at least 4 members (excludes halogenated alkanes) is 1. The third-order valence-corrected chi connectivity index (χ3v) is 0.250. The molecule has 5 heteroatoms. The van der Waals surface area contributed by atoms with E-state index in [0.29, 0.717) is 0 Å². The molecule has 17 heavy (non-hydrogen) atoms. The van der Waals surface area contributed by atoms with Gasteiger partial charge in [0.2, 0.25) is 0 Å². The Labute approximate surface area is 150 Å². The van der Waals surface area contributed by atoms with Gasteiger partial charge in [0.15, 0.2) is 0 Å². The van der Waals surface area contributed by atoms with Gasteiger partial charge in [0.25, 0.3) is 0 Å². The van der Waals surface area contributed by atoms with Crippen LogP contribution in [0.25, 0.3) is 0 Å². The second kappa shape index (κ2) is 20.2. The van der Waals surface area contributed by atoms with Gasteiger partial charge in [0, 0.05) is 66.8 Å². The Morgan fingerprint density at radius 2 is 1.00 bits per heavy atom. The van der Waals surface area contributed by atoms with Crippen molar-refractivity contribution >= 4 is 64.0 Å². The van der Waals surface area contributed by atoms with Gasteiger partial charge in [-0.2, -0.15) is 0 Å². The quantitative estimate of drug-likeness (QED) is 0.397. The van der Waals surface area contributed by atoms with E-state index >= 15 is 0 Å². The van der Waals surface area contributed by atoms with Crippen molar-refractivity contribution in [2.75, 3.05) is 0 Å². The predicted molar refractivity (Wildman–Crippen MR) is 96.7 cm³/mol. The van der Waals surface area contributed by atoms with E-state index in [-0.39, 0.29) is 56.1 Å². The molecule has 10 radical (unpaired) electrons. The van der Waals surface area contributed by atoms with Crippen LogP contribution in [-0.4, -0.2) is 69.4 Å². The Hall–Kier alpha value is 1.86. The largest absolute Gasteiger partial charge is 0.412 e. The molecule has 0 aromatic rings. The van der Waals surface area contributed by atoms with E-state index < -0.39 is 16.1 Å². The fourth-order valence-electron chi connectivity index (χ4n) is 0. The summed E-state index contributed by atoms with van der Waals surface area (Å²) in [4.78, 5) is 0. The van der Waals surface area contributed by atoms with Gasteiger partial charge in [0.05, 0.1) is 13.3 Å². The van der Waals surface area contributed by atoms with Crippen LogP contribution in [0.3, 0.4) is 0 Å². The first-order valence-electron chi connectivity index (χ1n) is 5.21. The topological polar surface area (TPSA) is 31.5 Å². The molecule has 0 aromatic carbocycles. The fraction of sp³-hybridized carbons (Fsp3) is 0.667. The molecule has 0 amide bonds. The summed E-state index contributed by atoms with van der Waals surface area (Å²) in [6.07, 6.45) is 1.92. The number of hydrogen-bond donors (Lipinski definition) is 0. The molecular formula is C12H36OSi2Sn2. The first-order chi connectivity index (χ1) is 5.91. The summed E-state index contributed by atoms with van der Waals surface area (Å²) in [5.41, 5.74) is 0. The minimum absolute atomic E-state index is 0. The second-order valence-corrected chi connectivity index (χ2v) is 16.1. The van der Waals surface area contributed by atoms with E-state index in [1.807, 2.05) is 0 Å². The summed E-state index contributed by atoms with van der Waals surface area (Å²) in [7, 11) is -1.72. The summed E-state index contributed by atoms with van der Waals surface area (Å²) in [6.45, 7) is 28.2. The normalized spacial score (nSPS) is 8.76. The van der Waals surface area contributed by atoms with Crippen LogP contribution in [0.2, 0.25) is 39.3 Å². The van der Waals surface area contributed by atoms with E-state index in [0.717, 1.165) is 12.8 Å². The zero-order valence-electron chi connectivity index (χ0n) is 12.7. The molecule has 0 aliphatic heterocycles. The number of hydrogen-bond acceptors (Lipinski definition) is 0. The molecule has 0 spiro atoms. The standard InChI is InChI=1S/2C4H11Si.C4H8.H2O.2Sn.2H2/c2*1-5(2,3)4;1-3-4-2;;;;;/h2*1H2,2-4H3;1-4H2;1H2;;;2*1H. The van der Waals surface area contributed by atoms with Gasteiger partial charge in [-0.15, -0.1) is 6.42 Å². The molecule has 0 fully saturated rings. The van der Waals surface area contributed by atoms with Crippen molar-refractivity contribution in [3.63, 3.8) is 0 Å². The third-order valence-electron chi connectivity index (χ3n) is 0.250. The predicted octanol–water partition coefficient (Wildman–Crippen LogP) is 3.74. The molecule has 0 aromatic heterocycles. The SMILES string of the molecule is O.[CH2+]CC[CH2-].[CH2][Si](C)(C)C.[CH2][Si](C)(C)C.[HH].[HH].[Sn].[Sn]. The molecule has 0 aliphatic carbocycles. The Balaban J connectivity index is -0.0000000141. The maximum absolute atomic E-state index is 3.91. The van der Waals surface area contributed by atoms with Crippen LogP contribution in [0, 0.1) is 26.9 Å². The van der Waals surface area contributed by atoms with Crippen molar-refractivity contribution < 1.29 is 8.33 Å². The summed E-state index contributed by atoms with van der Waals surface area (Å²) < 4.78 is 0. The van der Waals surface area contributed by atoms with Gasteiger partial charge < -0.3 is 12.4 Å². The molecule has 0 bridgehead atoms. The Bertz CT molecular complexity index is 93.3. The van der Waals surface area contributed by atoms with E-state index in [2.05, 4.69) is 66.2 Å². The Kier molecular flexibility index (Phi) is 43.2. The van der Waals surface area contributed by atoms with Gasteiger partial charge in [-0.1, -0.05) is 52.4 Å². The maximum atomic E-state index is 3.91.